The third kappa shape index (κ3) is 3.16. The number of carbonyl (C=O) groups excluding carboxylic acids is 1. The highest BCUT2D eigenvalue weighted by Crippen LogP contribution is 2.30. The van der Waals surface area contributed by atoms with Crippen molar-refractivity contribution in [3.05, 3.63) is 28.8 Å². The molecule has 1 aromatic carbocycles. The maximum Gasteiger partial charge on any atom is 0.221 e. The van der Waals surface area contributed by atoms with Gasteiger partial charge in [0.15, 0.2) is 0 Å². The van der Waals surface area contributed by atoms with Gasteiger partial charge < -0.3 is 10.2 Å². The number of carbonyl (C=O) groups is 1. The highest BCUT2D eigenvalue weighted by molar-refractivity contribution is 6.30. The first-order valence-corrected chi connectivity index (χ1v) is 6.77. The van der Waals surface area contributed by atoms with E-state index in [1.165, 1.54) is 11.3 Å². The molecule has 2 rings (SSSR count). The van der Waals surface area contributed by atoms with Crippen molar-refractivity contribution in [2.75, 3.05) is 18.0 Å². The van der Waals surface area contributed by atoms with Gasteiger partial charge in [-0.15, -0.1) is 0 Å². The number of halogens is 1. The number of benzene rings is 1. The molecule has 0 fully saturated rings. The Balaban J connectivity index is 1.92. The standard InChI is InChI=1S/C14H19ClN2O/c1-10(2)16-14(18)6-8-17-7-5-11-9-12(15)3-4-13(11)17/h3-4,9-10H,5-8H2,1-2H3,(H,16,18). The van der Waals surface area contributed by atoms with Crippen molar-refractivity contribution in [1.29, 1.82) is 0 Å². The Labute approximate surface area is 113 Å². The fraction of sp³-hybridized carbons (Fsp3) is 0.500. The van der Waals surface area contributed by atoms with E-state index in [4.69, 9.17) is 11.6 Å². The van der Waals surface area contributed by atoms with Crippen molar-refractivity contribution < 1.29 is 4.79 Å². The molecule has 0 bridgehead atoms. The maximum atomic E-state index is 11.6. The number of nitrogens with zero attached hydrogens (tertiary/aromatic N) is 1. The van der Waals surface area contributed by atoms with Gasteiger partial charge in [-0.25, -0.2) is 0 Å². The molecule has 1 aromatic rings. The van der Waals surface area contributed by atoms with Crippen molar-refractivity contribution in [2.24, 2.45) is 0 Å². The first kappa shape index (κ1) is 13.2. The number of hydrogen-bond donors (Lipinski definition) is 1. The van der Waals surface area contributed by atoms with Gasteiger partial charge in [0.05, 0.1) is 0 Å². The van der Waals surface area contributed by atoms with Gasteiger partial charge in [-0.1, -0.05) is 11.6 Å². The summed E-state index contributed by atoms with van der Waals surface area (Å²) in [5.41, 5.74) is 2.50. The number of fused-ring (bicyclic) bond motifs is 1. The number of anilines is 1. The summed E-state index contributed by atoms with van der Waals surface area (Å²) in [7, 11) is 0. The first-order chi connectivity index (χ1) is 8.56. The lowest BCUT2D eigenvalue weighted by Crippen LogP contribution is -2.33. The van der Waals surface area contributed by atoms with Gasteiger partial charge in [-0.2, -0.15) is 0 Å². The van der Waals surface area contributed by atoms with Crippen LogP contribution in [0.15, 0.2) is 18.2 Å². The number of amides is 1. The quantitative estimate of drug-likeness (QED) is 0.909. The lowest BCUT2D eigenvalue weighted by atomic mass is 10.2. The van der Waals surface area contributed by atoms with Crippen molar-refractivity contribution in [3.63, 3.8) is 0 Å². The summed E-state index contributed by atoms with van der Waals surface area (Å²) >= 11 is 5.97. The molecule has 0 spiro atoms. The molecule has 98 valence electrons. The minimum atomic E-state index is 0.118. The van der Waals surface area contributed by atoms with E-state index in [1.807, 2.05) is 32.0 Å². The largest absolute Gasteiger partial charge is 0.370 e. The van der Waals surface area contributed by atoms with Crippen molar-refractivity contribution in [1.82, 2.24) is 5.32 Å². The predicted octanol–water partition coefficient (Wildman–Crippen LogP) is 2.62. The zero-order valence-electron chi connectivity index (χ0n) is 10.9. The summed E-state index contributed by atoms with van der Waals surface area (Å²) in [6.07, 6.45) is 1.56. The van der Waals surface area contributed by atoms with Gasteiger partial charge in [0, 0.05) is 36.3 Å². The number of nitrogens with one attached hydrogen (secondary N) is 1. The second-order valence-corrected chi connectivity index (χ2v) is 5.42. The van der Waals surface area contributed by atoms with Crippen LogP contribution >= 0.6 is 11.6 Å². The fourth-order valence-electron chi connectivity index (χ4n) is 2.30. The first-order valence-electron chi connectivity index (χ1n) is 6.39. The summed E-state index contributed by atoms with van der Waals surface area (Å²) in [5, 5.41) is 3.70. The van der Waals surface area contributed by atoms with Crippen molar-refractivity contribution in [3.8, 4) is 0 Å². The Morgan fingerprint density at radius 2 is 2.28 bits per heavy atom. The topological polar surface area (TPSA) is 32.3 Å². The van der Waals surface area contributed by atoms with E-state index in [0.29, 0.717) is 6.42 Å². The van der Waals surface area contributed by atoms with E-state index in [2.05, 4.69) is 10.2 Å². The second-order valence-electron chi connectivity index (χ2n) is 4.98. The second kappa shape index (κ2) is 5.61. The highest BCUT2D eigenvalue weighted by Gasteiger charge is 2.19. The molecule has 0 aromatic heterocycles. The van der Waals surface area contributed by atoms with E-state index >= 15 is 0 Å². The predicted molar refractivity (Wildman–Crippen MR) is 75.3 cm³/mol. The summed E-state index contributed by atoms with van der Waals surface area (Å²) < 4.78 is 0. The minimum Gasteiger partial charge on any atom is -0.370 e. The normalized spacial score (nSPS) is 13.9. The Morgan fingerprint density at radius 3 is 3.00 bits per heavy atom. The zero-order chi connectivity index (χ0) is 13.1. The minimum absolute atomic E-state index is 0.118. The Bertz CT molecular complexity index is 445. The number of rotatable bonds is 4. The Morgan fingerprint density at radius 1 is 1.50 bits per heavy atom. The van der Waals surface area contributed by atoms with Gasteiger partial charge >= 0.3 is 0 Å². The average molecular weight is 267 g/mol. The molecule has 3 nitrogen and oxygen atoms in total. The molecule has 0 atom stereocenters. The summed E-state index contributed by atoms with van der Waals surface area (Å²) in [4.78, 5) is 13.9. The molecule has 1 aliphatic heterocycles. The molecule has 0 saturated heterocycles. The smallest absolute Gasteiger partial charge is 0.221 e. The van der Waals surface area contributed by atoms with E-state index in [0.717, 1.165) is 24.5 Å². The van der Waals surface area contributed by atoms with Crippen LogP contribution in [0.1, 0.15) is 25.8 Å². The number of hydrogen-bond acceptors (Lipinski definition) is 2. The SMILES string of the molecule is CC(C)NC(=O)CCN1CCc2cc(Cl)ccc21. The van der Waals surface area contributed by atoms with Crippen LogP contribution in [0.25, 0.3) is 0 Å². The lowest BCUT2D eigenvalue weighted by molar-refractivity contribution is -0.121. The van der Waals surface area contributed by atoms with Crippen LogP contribution in [0, 0.1) is 0 Å². The van der Waals surface area contributed by atoms with Crippen molar-refractivity contribution >= 4 is 23.2 Å². The van der Waals surface area contributed by atoms with Gasteiger partial charge in [0.2, 0.25) is 5.91 Å². The third-order valence-corrected chi connectivity index (χ3v) is 3.33. The van der Waals surface area contributed by atoms with E-state index in [1.54, 1.807) is 0 Å². The van der Waals surface area contributed by atoms with Crippen LogP contribution in [0.5, 0.6) is 0 Å². The summed E-state index contributed by atoms with van der Waals surface area (Å²) in [5.74, 6) is 0.118. The van der Waals surface area contributed by atoms with Crippen LogP contribution in [-0.2, 0) is 11.2 Å². The zero-order valence-corrected chi connectivity index (χ0v) is 11.6. The monoisotopic (exact) mass is 266 g/mol. The fourth-order valence-corrected chi connectivity index (χ4v) is 2.50. The highest BCUT2D eigenvalue weighted by atomic mass is 35.5. The molecule has 0 aliphatic carbocycles. The molecule has 0 unspecified atom stereocenters. The summed E-state index contributed by atoms with van der Waals surface area (Å²) in [6, 6.07) is 6.19. The molecule has 1 amide bonds. The van der Waals surface area contributed by atoms with Gasteiger partial charge in [0.1, 0.15) is 0 Å². The maximum absolute atomic E-state index is 11.6. The molecule has 18 heavy (non-hydrogen) atoms. The molecule has 0 saturated carbocycles. The van der Waals surface area contributed by atoms with Gasteiger partial charge in [0.25, 0.3) is 0 Å². The molecule has 1 heterocycles. The molecular formula is C14H19ClN2O. The molecule has 0 radical (unpaired) electrons. The van der Waals surface area contributed by atoms with Gasteiger partial charge in [-0.05, 0) is 44.0 Å². The van der Waals surface area contributed by atoms with Crippen molar-refractivity contribution in [2.45, 2.75) is 32.7 Å². The third-order valence-electron chi connectivity index (χ3n) is 3.09. The van der Waals surface area contributed by atoms with Gasteiger partial charge in [-0.3, -0.25) is 4.79 Å². The van der Waals surface area contributed by atoms with Crippen LogP contribution in [0.4, 0.5) is 5.69 Å². The Kier molecular flexibility index (Phi) is 4.12. The molecule has 1 aliphatic rings. The lowest BCUT2D eigenvalue weighted by Gasteiger charge is -2.19. The van der Waals surface area contributed by atoms with E-state index in [9.17, 15) is 4.79 Å². The van der Waals surface area contributed by atoms with E-state index < -0.39 is 0 Å². The van der Waals surface area contributed by atoms with Crippen LogP contribution in [-0.4, -0.2) is 25.0 Å². The molecule has 4 heteroatoms. The van der Waals surface area contributed by atoms with Crippen LogP contribution in [0.2, 0.25) is 5.02 Å². The molecular weight excluding hydrogens is 248 g/mol. The van der Waals surface area contributed by atoms with E-state index in [-0.39, 0.29) is 11.9 Å². The van der Waals surface area contributed by atoms with Crippen LogP contribution < -0.4 is 10.2 Å². The summed E-state index contributed by atoms with van der Waals surface area (Å²) in [6.45, 7) is 5.70. The van der Waals surface area contributed by atoms with Crippen LogP contribution in [0.3, 0.4) is 0 Å². The average Bonchev–Trinajstić information content (AvgIpc) is 2.67. The Hall–Kier alpha value is -1.22. The molecule has 1 N–H and O–H groups in total.